The second-order valence-electron chi connectivity index (χ2n) is 5.58. The van der Waals surface area contributed by atoms with Crippen LogP contribution < -0.4 is 5.43 Å². The van der Waals surface area contributed by atoms with Gasteiger partial charge in [0.05, 0.1) is 13.2 Å². The fourth-order valence-electron chi connectivity index (χ4n) is 3.15. The molecule has 0 spiro atoms. The minimum atomic E-state index is -0.405. The van der Waals surface area contributed by atoms with E-state index in [1.54, 1.807) is 16.7 Å². The molecule has 0 aliphatic carbocycles. The van der Waals surface area contributed by atoms with E-state index in [-0.39, 0.29) is 17.2 Å². The topological polar surface area (TPSA) is 61.9 Å². The molecule has 0 saturated carbocycles. The summed E-state index contributed by atoms with van der Waals surface area (Å²) in [6, 6.07) is 7.22. The van der Waals surface area contributed by atoms with Gasteiger partial charge in [-0.1, -0.05) is 18.2 Å². The number of fused-ring (bicyclic) bond motifs is 3. The summed E-state index contributed by atoms with van der Waals surface area (Å²) in [5.74, 6) is 0.506. The van der Waals surface area contributed by atoms with Crippen molar-refractivity contribution in [3.05, 3.63) is 35.4 Å². The summed E-state index contributed by atoms with van der Waals surface area (Å²) in [5.41, 5.74) is 4.68. The maximum absolute atomic E-state index is 12.6. The van der Waals surface area contributed by atoms with Gasteiger partial charge in [-0.3, -0.25) is 15.0 Å². The number of hydrogen-bond acceptors (Lipinski definition) is 5. The predicted octanol–water partition coefficient (Wildman–Crippen LogP) is 0.620. The Morgan fingerprint density at radius 1 is 1.27 bits per heavy atom. The Balaban J connectivity index is 1.51. The summed E-state index contributed by atoms with van der Waals surface area (Å²) in [5, 5.41) is 1.85. The van der Waals surface area contributed by atoms with Crippen LogP contribution in [0, 0.1) is 0 Å². The Morgan fingerprint density at radius 3 is 2.86 bits per heavy atom. The third-order valence-electron chi connectivity index (χ3n) is 4.27. The number of carbonyl (C=O) groups excluding carboxylic acids is 2. The molecular weight excluding hydrogens is 302 g/mol. The number of carbonyl (C=O) groups is 2. The summed E-state index contributed by atoms with van der Waals surface area (Å²) in [6.45, 7) is 2.61. The summed E-state index contributed by atoms with van der Waals surface area (Å²) in [7, 11) is 0. The Labute approximate surface area is 132 Å². The molecule has 7 heteroatoms. The van der Waals surface area contributed by atoms with Crippen LogP contribution in [0.15, 0.2) is 24.3 Å². The van der Waals surface area contributed by atoms with Crippen LogP contribution in [0.25, 0.3) is 0 Å². The first-order valence-electron chi connectivity index (χ1n) is 7.42. The van der Waals surface area contributed by atoms with Crippen LogP contribution in [-0.2, 0) is 9.53 Å². The number of nitrogens with zero attached hydrogens (tertiary/aromatic N) is 2. The van der Waals surface area contributed by atoms with E-state index in [0.29, 0.717) is 32.1 Å². The molecule has 0 radical (unpaired) electrons. The fourth-order valence-corrected chi connectivity index (χ4v) is 4.61. The highest BCUT2D eigenvalue weighted by Crippen LogP contribution is 2.47. The molecule has 1 N–H and O–H groups in total. The quantitative estimate of drug-likeness (QED) is 0.866. The first kappa shape index (κ1) is 14.0. The van der Waals surface area contributed by atoms with E-state index in [4.69, 9.17) is 4.74 Å². The predicted molar refractivity (Wildman–Crippen MR) is 82.1 cm³/mol. The normalized spacial score (nSPS) is 27.6. The molecule has 1 aromatic rings. The Morgan fingerprint density at radius 2 is 2.05 bits per heavy atom. The van der Waals surface area contributed by atoms with E-state index in [1.807, 2.05) is 29.3 Å². The minimum Gasteiger partial charge on any atom is -0.379 e. The van der Waals surface area contributed by atoms with Crippen molar-refractivity contribution < 1.29 is 14.3 Å². The molecule has 0 bridgehead atoms. The first-order chi connectivity index (χ1) is 10.8. The lowest BCUT2D eigenvalue weighted by molar-refractivity contribution is -0.131. The Bertz CT molecular complexity index is 618. The van der Waals surface area contributed by atoms with Crippen molar-refractivity contribution in [2.24, 2.45) is 0 Å². The van der Waals surface area contributed by atoms with Crippen LogP contribution in [0.3, 0.4) is 0 Å². The number of ether oxygens (including phenoxy) is 1. The molecule has 2 fully saturated rings. The minimum absolute atomic E-state index is 0.0239. The molecule has 2 atom stereocenters. The number of rotatable bonds is 2. The zero-order valence-electron chi connectivity index (χ0n) is 12.0. The highest BCUT2D eigenvalue weighted by molar-refractivity contribution is 7.99. The third-order valence-corrected chi connectivity index (χ3v) is 5.58. The van der Waals surface area contributed by atoms with Gasteiger partial charge in [-0.2, -0.15) is 0 Å². The van der Waals surface area contributed by atoms with Crippen LogP contribution in [-0.4, -0.2) is 59.8 Å². The molecule has 1 aromatic carbocycles. The van der Waals surface area contributed by atoms with Crippen molar-refractivity contribution in [3.8, 4) is 0 Å². The number of thioether (sulfide) groups is 1. The van der Waals surface area contributed by atoms with E-state index < -0.39 is 6.04 Å². The molecule has 3 heterocycles. The molecular formula is C15H17N3O3S. The number of morpholine rings is 1. The SMILES string of the molecule is O=C(NN1CCOCC1)[C@@H]1CS[C@H]2c3ccccc3C(=O)N12. The summed E-state index contributed by atoms with van der Waals surface area (Å²) in [6.07, 6.45) is 0. The third kappa shape index (κ3) is 2.20. The van der Waals surface area contributed by atoms with Crippen LogP contribution in [0.2, 0.25) is 0 Å². The van der Waals surface area contributed by atoms with Gasteiger partial charge in [-0.25, -0.2) is 5.01 Å². The summed E-state index contributed by atoms with van der Waals surface area (Å²) >= 11 is 1.66. The Hall–Kier alpha value is -1.57. The monoisotopic (exact) mass is 319 g/mol. The van der Waals surface area contributed by atoms with Gasteiger partial charge in [0.15, 0.2) is 0 Å². The standard InChI is InChI=1S/C15H17N3O3S/c19-13(16-17-5-7-21-8-6-17)12-9-22-15-11-4-2-1-3-10(11)14(20)18(12)15/h1-4,12,15H,5-9H2,(H,16,19)/t12-,15-/m0/s1. The largest absolute Gasteiger partial charge is 0.379 e. The highest BCUT2D eigenvalue weighted by atomic mass is 32.2. The molecule has 0 aromatic heterocycles. The zero-order valence-corrected chi connectivity index (χ0v) is 12.8. The van der Waals surface area contributed by atoms with Crippen molar-refractivity contribution in [1.29, 1.82) is 0 Å². The number of hydrazine groups is 1. The summed E-state index contributed by atoms with van der Waals surface area (Å²) < 4.78 is 5.27. The lowest BCUT2D eigenvalue weighted by atomic mass is 10.1. The maximum Gasteiger partial charge on any atom is 0.257 e. The average molecular weight is 319 g/mol. The second kappa shape index (κ2) is 5.57. The van der Waals surface area contributed by atoms with Crippen LogP contribution in [0.5, 0.6) is 0 Å². The van der Waals surface area contributed by atoms with Crippen molar-refractivity contribution >= 4 is 23.6 Å². The zero-order chi connectivity index (χ0) is 15.1. The maximum atomic E-state index is 12.6. The van der Waals surface area contributed by atoms with Gasteiger partial charge in [0.25, 0.3) is 11.8 Å². The lowest BCUT2D eigenvalue weighted by Gasteiger charge is -2.30. The molecule has 4 rings (SSSR count). The Kier molecular flexibility index (Phi) is 3.56. The average Bonchev–Trinajstić information content (AvgIpc) is 3.10. The molecule has 22 heavy (non-hydrogen) atoms. The lowest BCUT2D eigenvalue weighted by Crippen LogP contribution is -2.54. The molecule has 0 unspecified atom stereocenters. The summed E-state index contributed by atoms with van der Waals surface area (Å²) in [4.78, 5) is 26.9. The van der Waals surface area contributed by atoms with Gasteiger partial charge in [0.2, 0.25) is 0 Å². The van der Waals surface area contributed by atoms with Crippen LogP contribution in [0.1, 0.15) is 21.3 Å². The van der Waals surface area contributed by atoms with Gasteiger partial charge in [-0.05, 0) is 11.6 Å². The van der Waals surface area contributed by atoms with E-state index in [2.05, 4.69) is 5.43 Å². The number of hydrogen-bond donors (Lipinski definition) is 1. The van der Waals surface area contributed by atoms with Crippen molar-refractivity contribution in [3.63, 3.8) is 0 Å². The molecule has 3 aliphatic heterocycles. The van der Waals surface area contributed by atoms with E-state index in [1.165, 1.54) is 0 Å². The first-order valence-corrected chi connectivity index (χ1v) is 8.47. The van der Waals surface area contributed by atoms with E-state index in [0.717, 1.165) is 11.1 Å². The molecule has 6 nitrogen and oxygen atoms in total. The van der Waals surface area contributed by atoms with E-state index >= 15 is 0 Å². The van der Waals surface area contributed by atoms with Crippen LogP contribution >= 0.6 is 11.8 Å². The molecule has 2 amide bonds. The number of nitrogens with one attached hydrogen (secondary N) is 1. The van der Waals surface area contributed by atoms with Gasteiger partial charge in [-0.15, -0.1) is 11.8 Å². The molecule has 2 saturated heterocycles. The second-order valence-corrected chi connectivity index (χ2v) is 6.69. The highest BCUT2D eigenvalue weighted by Gasteiger charge is 2.48. The van der Waals surface area contributed by atoms with Gasteiger partial charge >= 0.3 is 0 Å². The van der Waals surface area contributed by atoms with Crippen molar-refractivity contribution in [2.75, 3.05) is 32.1 Å². The van der Waals surface area contributed by atoms with Crippen molar-refractivity contribution in [1.82, 2.24) is 15.3 Å². The molecule has 116 valence electrons. The van der Waals surface area contributed by atoms with Gasteiger partial charge in [0.1, 0.15) is 11.4 Å². The van der Waals surface area contributed by atoms with Gasteiger partial charge in [0, 0.05) is 24.4 Å². The van der Waals surface area contributed by atoms with E-state index in [9.17, 15) is 9.59 Å². The fraction of sp³-hybridized carbons (Fsp3) is 0.467. The van der Waals surface area contributed by atoms with Crippen LogP contribution in [0.4, 0.5) is 0 Å². The number of amides is 2. The number of benzene rings is 1. The smallest absolute Gasteiger partial charge is 0.257 e. The molecule has 3 aliphatic rings. The van der Waals surface area contributed by atoms with Gasteiger partial charge < -0.3 is 9.64 Å². The van der Waals surface area contributed by atoms with Crippen molar-refractivity contribution in [2.45, 2.75) is 11.4 Å².